The van der Waals surface area contributed by atoms with E-state index in [0.717, 1.165) is 18.4 Å². The first-order valence-corrected chi connectivity index (χ1v) is 6.87. The first-order chi connectivity index (χ1) is 10.1. The highest BCUT2D eigenvalue weighted by atomic mass is 16.1. The van der Waals surface area contributed by atoms with Crippen LogP contribution in [0.25, 0.3) is 11.4 Å². The fourth-order valence-electron chi connectivity index (χ4n) is 1.91. The molecule has 0 spiro atoms. The minimum absolute atomic E-state index is 0.271. The van der Waals surface area contributed by atoms with Crippen LogP contribution in [-0.4, -0.2) is 22.4 Å². The van der Waals surface area contributed by atoms with Crippen LogP contribution in [0.4, 0.5) is 11.6 Å². The summed E-state index contributed by atoms with van der Waals surface area (Å²) in [5, 5.41) is 3.19. The van der Waals surface area contributed by atoms with Gasteiger partial charge in [-0.1, -0.05) is 30.3 Å². The van der Waals surface area contributed by atoms with Gasteiger partial charge >= 0.3 is 0 Å². The summed E-state index contributed by atoms with van der Waals surface area (Å²) in [5.41, 5.74) is 11.8. The zero-order chi connectivity index (χ0) is 15.1. The number of rotatable bonds is 7. The molecular weight excluding hydrogens is 266 g/mol. The van der Waals surface area contributed by atoms with E-state index in [1.807, 2.05) is 30.3 Å². The third-order valence-electron chi connectivity index (χ3n) is 2.93. The van der Waals surface area contributed by atoms with E-state index in [1.165, 1.54) is 0 Å². The van der Waals surface area contributed by atoms with Crippen molar-refractivity contribution in [2.45, 2.75) is 19.3 Å². The number of unbranched alkanes of at least 4 members (excludes halogenated alkanes) is 1. The molecule has 0 saturated carbocycles. The summed E-state index contributed by atoms with van der Waals surface area (Å²) < 4.78 is 0. The van der Waals surface area contributed by atoms with Crippen LogP contribution in [0.5, 0.6) is 0 Å². The molecule has 6 nitrogen and oxygen atoms in total. The molecule has 2 rings (SSSR count). The third-order valence-corrected chi connectivity index (χ3v) is 2.93. The second-order valence-corrected chi connectivity index (χ2v) is 4.72. The molecule has 0 aliphatic heterocycles. The highest BCUT2D eigenvalue weighted by molar-refractivity contribution is 5.73. The van der Waals surface area contributed by atoms with Gasteiger partial charge < -0.3 is 16.8 Å². The molecule has 1 aromatic carbocycles. The van der Waals surface area contributed by atoms with Gasteiger partial charge in [0.1, 0.15) is 11.6 Å². The summed E-state index contributed by atoms with van der Waals surface area (Å²) in [4.78, 5) is 19.3. The van der Waals surface area contributed by atoms with Crippen LogP contribution < -0.4 is 16.8 Å². The Morgan fingerprint density at radius 3 is 2.62 bits per heavy atom. The van der Waals surface area contributed by atoms with E-state index in [-0.39, 0.29) is 5.91 Å². The summed E-state index contributed by atoms with van der Waals surface area (Å²) in [5.74, 6) is 1.42. The molecule has 0 unspecified atom stereocenters. The lowest BCUT2D eigenvalue weighted by Gasteiger charge is -2.08. The van der Waals surface area contributed by atoms with Crippen LogP contribution >= 0.6 is 0 Å². The van der Waals surface area contributed by atoms with Crippen LogP contribution in [0.3, 0.4) is 0 Å². The summed E-state index contributed by atoms with van der Waals surface area (Å²) in [6, 6.07) is 11.4. The predicted octanol–water partition coefficient (Wildman–Crippen LogP) is 1.79. The number of amides is 1. The maximum Gasteiger partial charge on any atom is 0.217 e. The van der Waals surface area contributed by atoms with Gasteiger partial charge in [0.15, 0.2) is 5.82 Å². The second kappa shape index (κ2) is 7.23. The molecule has 0 bridgehead atoms. The molecule has 1 aromatic heterocycles. The number of aromatic nitrogens is 2. The molecule has 5 N–H and O–H groups in total. The van der Waals surface area contributed by atoms with Gasteiger partial charge in [0.2, 0.25) is 5.91 Å². The number of nitrogen functional groups attached to an aromatic ring is 1. The molecular formula is C15H19N5O. The highest BCUT2D eigenvalue weighted by Crippen LogP contribution is 2.18. The highest BCUT2D eigenvalue weighted by Gasteiger charge is 2.04. The topological polar surface area (TPSA) is 107 Å². The fourth-order valence-corrected chi connectivity index (χ4v) is 1.91. The second-order valence-electron chi connectivity index (χ2n) is 4.72. The number of carbonyl (C=O) groups excluding carboxylic acids is 1. The standard InChI is InChI=1S/C15H19N5O/c16-12-10-14(18-9-5-4-8-13(17)21)20-15(19-12)11-6-2-1-3-7-11/h1-3,6-7,10H,4-5,8-9H2,(H2,17,21)(H3,16,18,19,20). The molecule has 6 heteroatoms. The first kappa shape index (κ1) is 14.8. The van der Waals surface area contributed by atoms with Gasteiger partial charge in [-0.15, -0.1) is 0 Å². The number of hydrogen-bond acceptors (Lipinski definition) is 5. The Bertz CT molecular complexity index is 600. The molecule has 1 heterocycles. The molecule has 0 aliphatic rings. The number of hydrogen-bond donors (Lipinski definition) is 3. The van der Waals surface area contributed by atoms with Gasteiger partial charge in [0, 0.05) is 24.6 Å². The lowest BCUT2D eigenvalue weighted by atomic mass is 10.2. The van der Waals surface area contributed by atoms with Crippen LogP contribution in [0.15, 0.2) is 36.4 Å². The van der Waals surface area contributed by atoms with Gasteiger partial charge in [-0.2, -0.15) is 0 Å². The smallest absolute Gasteiger partial charge is 0.217 e. The van der Waals surface area contributed by atoms with Gasteiger partial charge in [-0.3, -0.25) is 4.79 Å². The van der Waals surface area contributed by atoms with Crippen molar-refractivity contribution in [3.63, 3.8) is 0 Å². The van der Waals surface area contributed by atoms with E-state index in [9.17, 15) is 4.79 Å². The molecule has 2 aromatic rings. The van der Waals surface area contributed by atoms with Crippen molar-refractivity contribution in [3.05, 3.63) is 36.4 Å². The molecule has 110 valence electrons. The van der Waals surface area contributed by atoms with Gasteiger partial charge in [-0.25, -0.2) is 9.97 Å². The number of anilines is 2. The monoisotopic (exact) mass is 285 g/mol. The van der Waals surface area contributed by atoms with E-state index >= 15 is 0 Å². The van der Waals surface area contributed by atoms with Crippen molar-refractivity contribution in [1.82, 2.24) is 9.97 Å². The van der Waals surface area contributed by atoms with Crippen molar-refractivity contribution in [3.8, 4) is 11.4 Å². The zero-order valence-electron chi connectivity index (χ0n) is 11.7. The minimum atomic E-state index is -0.271. The molecule has 0 aliphatic carbocycles. The van der Waals surface area contributed by atoms with Crippen molar-refractivity contribution in [2.24, 2.45) is 5.73 Å². The summed E-state index contributed by atoms with van der Waals surface area (Å²) in [6.07, 6.45) is 2.00. The fraction of sp³-hybridized carbons (Fsp3) is 0.267. The van der Waals surface area contributed by atoms with E-state index < -0.39 is 0 Å². The number of nitrogens with one attached hydrogen (secondary N) is 1. The number of carbonyl (C=O) groups is 1. The number of benzene rings is 1. The van der Waals surface area contributed by atoms with Crippen molar-refractivity contribution < 1.29 is 4.79 Å². The van der Waals surface area contributed by atoms with E-state index in [2.05, 4.69) is 15.3 Å². The number of primary amides is 1. The summed E-state index contributed by atoms with van der Waals surface area (Å²) in [6.45, 7) is 0.706. The molecule has 0 fully saturated rings. The van der Waals surface area contributed by atoms with E-state index in [0.29, 0.717) is 30.4 Å². The van der Waals surface area contributed by atoms with Crippen molar-refractivity contribution in [2.75, 3.05) is 17.6 Å². The predicted molar refractivity (Wildman–Crippen MR) is 83.4 cm³/mol. The quantitative estimate of drug-likeness (QED) is 0.672. The Morgan fingerprint density at radius 1 is 1.14 bits per heavy atom. The maximum absolute atomic E-state index is 10.6. The SMILES string of the molecule is NC(=O)CCCCNc1cc(N)nc(-c2ccccc2)n1. The Morgan fingerprint density at radius 2 is 1.90 bits per heavy atom. The number of nitrogens with two attached hydrogens (primary N) is 2. The van der Waals surface area contributed by atoms with Gasteiger partial charge in [0.25, 0.3) is 0 Å². The van der Waals surface area contributed by atoms with Crippen LogP contribution in [0, 0.1) is 0 Å². The van der Waals surface area contributed by atoms with Crippen LogP contribution in [-0.2, 0) is 4.79 Å². The average molecular weight is 285 g/mol. The van der Waals surface area contributed by atoms with E-state index in [4.69, 9.17) is 11.5 Å². The minimum Gasteiger partial charge on any atom is -0.384 e. The van der Waals surface area contributed by atoms with Gasteiger partial charge in [-0.05, 0) is 12.8 Å². The molecule has 0 saturated heterocycles. The molecule has 21 heavy (non-hydrogen) atoms. The maximum atomic E-state index is 10.6. The Kier molecular flexibility index (Phi) is 5.09. The van der Waals surface area contributed by atoms with E-state index in [1.54, 1.807) is 6.07 Å². The Hall–Kier alpha value is -2.63. The zero-order valence-corrected chi connectivity index (χ0v) is 11.7. The average Bonchev–Trinajstić information content (AvgIpc) is 2.47. The normalized spacial score (nSPS) is 10.3. The largest absolute Gasteiger partial charge is 0.384 e. The lowest BCUT2D eigenvalue weighted by Crippen LogP contribution is -2.11. The Balaban J connectivity index is 1.98. The van der Waals surface area contributed by atoms with Crippen molar-refractivity contribution in [1.29, 1.82) is 0 Å². The van der Waals surface area contributed by atoms with Crippen molar-refractivity contribution >= 4 is 17.5 Å². The van der Waals surface area contributed by atoms with Crippen LogP contribution in [0.2, 0.25) is 0 Å². The summed E-state index contributed by atoms with van der Waals surface area (Å²) >= 11 is 0. The first-order valence-electron chi connectivity index (χ1n) is 6.87. The molecule has 0 atom stereocenters. The van der Waals surface area contributed by atoms with Gasteiger partial charge in [0.05, 0.1) is 0 Å². The summed E-state index contributed by atoms with van der Waals surface area (Å²) in [7, 11) is 0. The third kappa shape index (κ3) is 4.76. The molecule has 0 radical (unpaired) electrons. The van der Waals surface area contributed by atoms with Crippen LogP contribution in [0.1, 0.15) is 19.3 Å². The lowest BCUT2D eigenvalue weighted by molar-refractivity contribution is -0.118. The Labute approximate surface area is 123 Å². The number of nitrogens with zero attached hydrogens (tertiary/aromatic N) is 2. The molecule has 1 amide bonds.